The van der Waals surface area contributed by atoms with Crippen molar-refractivity contribution in [2.75, 3.05) is 43.1 Å². The zero-order chi connectivity index (χ0) is 33.9. The third kappa shape index (κ3) is 8.14. The number of pyridine rings is 1. The summed E-state index contributed by atoms with van der Waals surface area (Å²) in [5, 5.41) is 22.7. The number of amides is 4. The molecule has 0 unspecified atom stereocenters. The average molecular weight is 682 g/mol. The number of anilines is 3. The van der Waals surface area contributed by atoms with Gasteiger partial charge in [-0.15, -0.1) is 0 Å². The van der Waals surface area contributed by atoms with Crippen LogP contribution in [0.1, 0.15) is 38.4 Å². The maximum absolute atomic E-state index is 13.2. The molecule has 0 saturated carbocycles. The molecule has 4 amide bonds. The number of rotatable bonds is 8. The standard InChI is InChI=1S/C33H38Cl2N8O4/c1-33(2,3)26-17-28(43(40-26)21-8-6-20(19-44)7-9-21)39-31(45)37-24-10-11-25(30(35)29(24)34)47-23-12-14-36-27(16-23)38-32(46)42-15-13-22(18-42)41(4)5/h6-12,14,16-17,22,44H,13,15,18-19H2,1-5H3,(H,36,38,46)(H2,37,39,45)/t22-/m0/s1. The Morgan fingerprint density at radius 2 is 1.77 bits per heavy atom. The zero-order valence-corrected chi connectivity index (χ0v) is 28.4. The number of likely N-dealkylation sites (tertiary alicyclic amines) is 1. The van der Waals surface area contributed by atoms with Gasteiger partial charge in [0.2, 0.25) is 0 Å². The minimum Gasteiger partial charge on any atom is -0.456 e. The van der Waals surface area contributed by atoms with E-state index in [2.05, 4.69) is 25.8 Å². The van der Waals surface area contributed by atoms with E-state index in [1.165, 1.54) is 6.20 Å². The van der Waals surface area contributed by atoms with Crippen LogP contribution >= 0.6 is 23.2 Å². The fraction of sp³-hybridized carbons (Fsp3) is 0.333. The van der Waals surface area contributed by atoms with Crippen LogP contribution in [0.25, 0.3) is 5.69 Å². The number of hydrogen-bond donors (Lipinski definition) is 4. The molecule has 248 valence electrons. The molecule has 4 aromatic rings. The second kappa shape index (κ2) is 14.2. The van der Waals surface area contributed by atoms with Gasteiger partial charge in [-0.25, -0.2) is 19.3 Å². The number of halogens is 2. The van der Waals surface area contributed by atoms with Crippen molar-refractivity contribution in [3.63, 3.8) is 0 Å². The lowest BCUT2D eigenvalue weighted by atomic mass is 9.92. The summed E-state index contributed by atoms with van der Waals surface area (Å²) in [6.07, 6.45) is 2.43. The van der Waals surface area contributed by atoms with Crippen LogP contribution in [0.2, 0.25) is 10.0 Å². The Morgan fingerprint density at radius 3 is 2.43 bits per heavy atom. The van der Waals surface area contributed by atoms with Crippen LogP contribution in [-0.2, 0) is 12.0 Å². The van der Waals surface area contributed by atoms with Gasteiger partial charge in [0, 0.05) is 42.9 Å². The molecule has 1 fully saturated rings. The molecule has 14 heteroatoms. The van der Waals surface area contributed by atoms with Gasteiger partial charge in [-0.1, -0.05) is 56.1 Å². The lowest BCUT2D eigenvalue weighted by Gasteiger charge is -2.20. The summed E-state index contributed by atoms with van der Waals surface area (Å²) < 4.78 is 7.60. The van der Waals surface area contributed by atoms with Crippen LogP contribution in [-0.4, -0.2) is 75.0 Å². The quantitative estimate of drug-likeness (QED) is 0.158. The van der Waals surface area contributed by atoms with E-state index >= 15 is 0 Å². The summed E-state index contributed by atoms with van der Waals surface area (Å²) in [7, 11) is 4.01. The summed E-state index contributed by atoms with van der Waals surface area (Å²) in [4.78, 5) is 34.0. The summed E-state index contributed by atoms with van der Waals surface area (Å²) in [5.74, 6) is 1.40. The van der Waals surface area contributed by atoms with Crippen molar-refractivity contribution in [3.05, 3.63) is 82.1 Å². The van der Waals surface area contributed by atoms with Crippen LogP contribution in [0.15, 0.2) is 60.8 Å². The molecule has 2 aromatic carbocycles. The van der Waals surface area contributed by atoms with E-state index in [4.69, 9.17) is 33.0 Å². The number of nitrogens with one attached hydrogen (secondary N) is 3. The number of ether oxygens (including phenoxy) is 1. The Hall–Kier alpha value is -4.36. The van der Waals surface area contributed by atoms with Crippen molar-refractivity contribution >= 4 is 52.6 Å². The molecular weight excluding hydrogens is 643 g/mol. The smallest absolute Gasteiger partial charge is 0.324 e. The summed E-state index contributed by atoms with van der Waals surface area (Å²) in [6.45, 7) is 7.32. The summed E-state index contributed by atoms with van der Waals surface area (Å²) in [6, 6.07) is 14.9. The van der Waals surface area contributed by atoms with E-state index in [1.807, 2.05) is 53.1 Å². The Balaban J connectivity index is 1.26. The predicted octanol–water partition coefficient (Wildman–Crippen LogP) is 6.97. The molecule has 0 radical (unpaired) electrons. The third-order valence-corrected chi connectivity index (χ3v) is 8.62. The Morgan fingerprint density at radius 1 is 1.02 bits per heavy atom. The topological polar surface area (TPSA) is 137 Å². The van der Waals surface area contributed by atoms with E-state index in [0.717, 1.165) is 17.7 Å². The number of nitrogens with zero attached hydrogens (tertiary/aromatic N) is 5. The van der Waals surface area contributed by atoms with Gasteiger partial charge in [-0.2, -0.15) is 5.10 Å². The van der Waals surface area contributed by atoms with Crippen molar-refractivity contribution in [1.29, 1.82) is 0 Å². The molecule has 1 aliphatic rings. The molecule has 5 rings (SSSR count). The van der Waals surface area contributed by atoms with Gasteiger partial charge in [0.1, 0.15) is 28.2 Å². The Kier molecular flexibility index (Phi) is 10.3. The number of carbonyl (C=O) groups excluding carboxylic acids is 2. The first-order chi connectivity index (χ1) is 22.3. The Bertz CT molecular complexity index is 1750. The van der Waals surface area contributed by atoms with E-state index < -0.39 is 6.03 Å². The number of aliphatic hydroxyl groups excluding tert-OH is 1. The molecule has 0 aliphatic carbocycles. The minimum absolute atomic E-state index is 0.0776. The number of likely N-dealkylation sites (N-methyl/N-ethyl adjacent to an activating group) is 1. The second-order valence-corrected chi connectivity index (χ2v) is 13.2. The molecule has 3 heterocycles. The average Bonchev–Trinajstić information content (AvgIpc) is 3.70. The van der Waals surface area contributed by atoms with Gasteiger partial charge >= 0.3 is 12.1 Å². The zero-order valence-electron chi connectivity index (χ0n) is 26.8. The fourth-order valence-corrected chi connectivity index (χ4v) is 5.37. The molecule has 1 aliphatic heterocycles. The SMILES string of the molecule is CN(C)[C@H]1CCN(C(=O)Nc2cc(Oc3ccc(NC(=O)Nc4cc(C(C)(C)C)nn4-c4ccc(CO)cc4)c(Cl)c3Cl)ccn2)C1. The highest BCUT2D eigenvalue weighted by molar-refractivity contribution is 6.45. The predicted molar refractivity (Wildman–Crippen MR) is 184 cm³/mol. The number of hydrogen-bond acceptors (Lipinski definition) is 7. The molecule has 47 heavy (non-hydrogen) atoms. The highest BCUT2D eigenvalue weighted by Gasteiger charge is 2.28. The molecule has 2 aromatic heterocycles. The van der Waals surface area contributed by atoms with Crippen molar-refractivity contribution in [2.45, 2.75) is 45.3 Å². The lowest BCUT2D eigenvalue weighted by molar-refractivity contribution is 0.216. The summed E-state index contributed by atoms with van der Waals surface area (Å²) in [5.41, 5.74) is 2.23. The number of urea groups is 2. The van der Waals surface area contributed by atoms with Crippen molar-refractivity contribution < 1.29 is 19.4 Å². The maximum atomic E-state index is 13.2. The van der Waals surface area contributed by atoms with E-state index in [0.29, 0.717) is 42.2 Å². The molecule has 12 nitrogen and oxygen atoms in total. The van der Waals surface area contributed by atoms with Gasteiger partial charge in [-0.05, 0) is 56.4 Å². The van der Waals surface area contributed by atoms with Crippen molar-refractivity contribution in [3.8, 4) is 17.2 Å². The van der Waals surface area contributed by atoms with Gasteiger partial charge < -0.3 is 25.0 Å². The van der Waals surface area contributed by atoms with E-state index in [-0.39, 0.29) is 39.5 Å². The number of benzene rings is 2. The van der Waals surface area contributed by atoms with Crippen molar-refractivity contribution in [2.24, 2.45) is 0 Å². The second-order valence-electron chi connectivity index (χ2n) is 12.5. The van der Waals surface area contributed by atoms with Gasteiger partial charge in [0.25, 0.3) is 0 Å². The number of aromatic nitrogens is 3. The molecular formula is C33H38Cl2N8O4. The van der Waals surface area contributed by atoms with Crippen LogP contribution < -0.4 is 20.7 Å². The van der Waals surface area contributed by atoms with E-state index in [1.54, 1.807) is 46.0 Å². The van der Waals surface area contributed by atoms with Crippen LogP contribution in [0.5, 0.6) is 11.5 Å². The van der Waals surface area contributed by atoms with E-state index in [9.17, 15) is 14.7 Å². The molecule has 0 bridgehead atoms. The van der Waals surface area contributed by atoms with Gasteiger partial charge in [0.15, 0.2) is 0 Å². The monoisotopic (exact) mass is 680 g/mol. The number of carbonyl (C=O) groups is 2. The molecule has 0 spiro atoms. The Labute approximate surface area is 283 Å². The lowest BCUT2D eigenvalue weighted by Crippen LogP contribution is -2.36. The summed E-state index contributed by atoms with van der Waals surface area (Å²) >= 11 is 13.1. The van der Waals surface area contributed by atoms with Crippen LogP contribution in [0.4, 0.5) is 26.9 Å². The molecule has 4 N–H and O–H groups in total. The van der Waals surface area contributed by atoms with Crippen LogP contribution in [0.3, 0.4) is 0 Å². The highest BCUT2D eigenvalue weighted by atomic mass is 35.5. The third-order valence-electron chi connectivity index (χ3n) is 7.75. The van der Waals surface area contributed by atoms with Gasteiger partial charge in [0.05, 0.1) is 28.7 Å². The van der Waals surface area contributed by atoms with Crippen LogP contribution in [0, 0.1) is 0 Å². The first kappa shape index (κ1) is 34.0. The molecule has 1 saturated heterocycles. The first-order valence-corrected chi connectivity index (χ1v) is 15.8. The minimum atomic E-state index is -0.561. The van der Waals surface area contributed by atoms with Gasteiger partial charge in [-0.3, -0.25) is 10.6 Å². The highest BCUT2D eigenvalue weighted by Crippen LogP contribution is 2.40. The largest absolute Gasteiger partial charge is 0.456 e. The normalized spacial score (nSPS) is 14.7. The first-order valence-electron chi connectivity index (χ1n) is 15.1. The molecule has 1 atom stereocenters. The van der Waals surface area contributed by atoms with Crippen molar-refractivity contribution in [1.82, 2.24) is 24.6 Å². The maximum Gasteiger partial charge on any atom is 0.324 e. The number of aliphatic hydroxyl groups is 1. The fourth-order valence-electron chi connectivity index (χ4n) is 4.96.